The number of dihydropyridines is 2. The summed E-state index contributed by atoms with van der Waals surface area (Å²) in [4.78, 5) is 27.5. The molecule has 0 saturated heterocycles. The van der Waals surface area contributed by atoms with Crippen molar-refractivity contribution in [1.29, 1.82) is 5.26 Å². The van der Waals surface area contributed by atoms with Gasteiger partial charge in [0.25, 0.3) is 11.8 Å². The first-order valence-corrected chi connectivity index (χ1v) is 13.7. The number of benzene rings is 1. The summed E-state index contributed by atoms with van der Waals surface area (Å²) in [6.45, 7) is 5.93. The van der Waals surface area contributed by atoms with Gasteiger partial charge in [0.2, 0.25) is 5.88 Å². The summed E-state index contributed by atoms with van der Waals surface area (Å²) in [6.07, 6.45) is 10.1. The van der Waals surface area contributed by atoms with Crippen molar-refractivity contribution in [1.82, 2.24) is 20.5 Å². The van der Waals surface area contributed by atoms with Crippen LogP contribution in [-0.4, -0.2) is 67.8 Å². The number of carbonyl (C=O) groups is 2. The van der Waals surface area contributed by atoms with Crippen molar-refractivity contribution in [3.8, 4) is 6.07 Å². The fourth-order valence-corrected chi connectivity index (χ4v) is 4.27. The molecule has 1 unspecified atom stereocenters. The number of unbranched alkanes of at least 4 members (excludes halogenated alkanes) is 1. The first-order chi connectivity index (χ1) is 19.8. The first-order valence-electron chi connectivity index (χ1n) is 13.7. The molecule has 0 bridgehead atoms. The van der Waals surface area contributed by atoms with Gasteiger partial charge in [0.15, 0.2) is 0 Å². The fourth-order valence-electron chi connectivity index (χ4n) is 4.27. The lowest BCUT2D eigenvalue weighted by Gasteiger charge is -2.33. The number of nitrogens with two attached hydrogens (primary N) is 2. The Balaban J connectivity index is 1.77. The first kappa shape index (κ1) is 31.2. The van der Waals surface area contributed by atoms with Crippen molar-refractivity contribution in [2.75, 3.05) is 40.0 Å². The number of nitrogens with one attached hydrogen (secondary N) is 2. The monoisotopic (exact) mass is 561 g/mol. The van der Waals surface area contributed by atoms with Gasteiger partial charge in [-0.15, -0.1) is 0 Å². The number of likely N-dealkylation sites (N-methyl/N-ethyl adjacent to an activating group) is 1. The molecule has 0 saturated carbocycles. The highest BCUT2D eigenvalue weighted by atomic mass is 16.5. The van der Waals surface area contributed by atoms with E-state index in [0.717, 1.165) is 29.0 Å². The Bertz CT molecular complexity index is 1290. The molecule has 2 amide bonds. The zero-order valence-corrected chi connectivity index (χ0v) is 23.9. The zero-order valence-electron chi connectivity index (χ0n) is 23.9. The highest BCUT2D eigenvalue weighted by molar-refractivity contribution is 5.98. The fraction of sp³-hybridized carbons (Fsp3) is 0.367. The summed E-state index contributed by atoms with van der Waals surface area (Å²) in [6, 6.07) is 9.09. The highest BCUT2D eigenvalue weighted by Gasteiger charge is 2.27. The Labute approximate surface area is 241 Å². The molecule has 0 spiro atoms. The average Bonchev–Trinajstić information content (AvgIpc) is 2.99. The minimum Gasteiger partial charge on any atom is -0.476 e. The molecule has 218 valence electrons. The number of carbonyl (C=O) groups excluding carboxylic acids is 2. The Morgan fingerprint density at radius 1 is 1.07 bits per heavy atom. The minimum absolute atomic E-state index is 0.202. The van der Waals surface area contributed by atoms with Crippen LogP contribution in [0.15, 0.2) is 77.5 Å². The van der Waals surface area contributed by atoms with Crippen LogP contribution in [0.4, 0.5) is 0 Å². The lowest BCUT2D eigenvalue weighted by Crippen LogP contribution is -2.49. The topological polar surface area (TPSA) is 159 Å². The maximum Gasteiger partial charge on any atom is 0.267 e. The van der Waals surface area contributed by atoms with E-state index in [9.17, 15) is 14.9 Å². The number of rotatable bonds is 13. The van der Waals surface area contributed by atoms with Crippen LogP contribution in [0.5, 0.6) is 0 Å². The van der Waals surface area contributed by atoms with Gasteiger partial charge in [0, 0.05) is 49.8 Å². The molecule has 2 aliphatic rings. The largest absolute Gasteiger partial charge is 0.476 e. The van der Waals surface area contributed by atoms with Crippen LogP contribution < -0.4 is 22.2 Å². The van der Waals surface area contributed by atoms with E-state index in [1.807, 2.05) is 6.92 Å². The third-order valence-electron chi connectivity index (χ3n) is 6.52. The summed E-state index contributed by atoms with van der Waals surface area (Å²) in [5.41, 5.74) is 9.63. The van der Waals surface area contributed by atoms with Crippen molar-refractivity contribution in [3.63, 3.8) is 0 Å². The number of hydrazine groups is 1. The van der Waals surface area contributed by atoms with Crippen molar-refractivity contribution in [3.05, 3.63) is 88.6 Å². The SMILES string of the molecule is CCCCOCCOC1=C(C#N)C=CC(N(CC)C(=O)C2=C/C(=C(/CN)c3ccc(C(=O)N(C)N)cc3)NC=C2)N1. The van der Waals surface area contributed by atoms with Crippen LogP contribution in [0.2, 0.25) is 0 Å². The van der Waals surface area contributed by atoms with Crippen LogP contribution >= 0.6 is 0 Å². The van der Waals surface area contributed by atoms with Crippen molar-refractivity contribution in [2.45, 2.75) is 32.9 Å². The Morgan fingerprint density at radius 2 is 1.80 bits per heavy atom. The van der Waals surface area contributed by atoms with E-state index in [0.29, 0.717) is 48.0 Å². The van der Waals surface area contributed by atoms with E-state index < -0.39 is 6.17 Å². The van der Waals surface area contributed by atoms with Crippen molar-refractivity contribution in [2.24, 2.45) is 11.6 Å². The summed E-state index contributed by atoms with van der Waals surface area (Å²) in [5.74, 6) is 5.36. The molecule has 0 aromatic heterocycles. The van der Waals surface area contributed by atoms with Crippen molar-refractivity contribution < 1.29 is 19.1 Å². The molecule has 3 rings (SSSR count). The third kappa shape index (κ3) is 8.08. The van der Waals surface area contributed by atoms with Crippen LogP contribution in [0.3, 0.4) is 0 Å². The van der Waals surface area contributed by atoms with Gasteiger partial charge in [-0.3, -0.25) is 14.6 Å². The van der Waals surface area contributed by atoms with E-state index in [4.69, 9.17) is 21.1 Å². The number of allylic oxidation sites excluding steroid dienone is 3. The summed E-state index contributed by atoms with van der Waals surface area (Å²) >= 11 is 0. The minimum atomic E-state index is -0.517. The van der Waals surface area contributed by atoms with Crippen LogP contribution in [0, 0.1) is 11.3 Å². The number of nitrogens with zero attached hydrogens (tertiary/aromatic N) is 3. The smallest absolute Gasteiger partial charge is 0.267 e. The highest BCUT2D eigenvalue weighted by Crippen LogP contribution is 2.23. The number of nitriles is 1. The predicted octanol–water partition coefficient (Wildman–Crippen LogP) is 2.25. The van der Waals surface area contributed by atoms with Gasteiger partial charge >= 0.3 is 0 Å². The van der Waals surface area contributed by atoms with Gasteiger partial charge in [-0.1, -0.05) is 25.5 Å². The van der Waals surface area contributed by atoms with Crippen molar-refractivity contribution >= 4 is 17.4 Å². The molecule has 0 fully saturated rings. The molecule has 41 heavy (non-hydrogen) atoms. The van der Waals surface area contributed by atoms with Gasteiger partial charge < -0.3 is 30.7 Å². The molecule has 1 aromatic carbocycles. The molecule has 11 heteroatoms. The van der Waals surface area contributed by atoms with E-state index in [-0.39, 0.29) is 25.0 Å². The van der Waals surface area contributed by atoms with Gasteiger partial charge in [0.1, 0.15) is 24.4 Å². The van der Waals surface area contributed by atoms with Crippen LogP contribution in [-0.2, 0) is 14.3 Å². The zero-order chi connectivity index (χ0) is 29.8. The normalized spacial score (nSPS) is 17.2. The standard InChI is InChI=1S/C30H39N7O4/c1-4-6-15-40-16-17-41-28-24(19-31)11-12-27(35-28)37(5-2)30(39)23-13-14-34-26(18-23)25(20-32)21-7-9-22(10-8-21)29(38)36(3)33/h7-14,18,27,34-35H,4-6,15-17,20,32-33H2,1-3H3/b26-25+. The molecule has 2 heterocycles. The Morgan fingerprint density at radius 3 is 2.44 bits per heavy atom. The number of ether oxygens (including phenoxy) is 2. The summed E-state index contributed by atoms with van der Waals surface area (Å²) in [5, 5.41) is 16.9. The summed E-state index contributed by atoms with van der Waals surface area (Å²) in [7, 11) is 1.49. The maximum absolute atomic E-state index is 13.7. The van der Waals surface area contributed by atoms with E-state index in [1.54, 1.807) is 59.7 Å². The quantitative estimate of drug-likeness (QED) is 0.123. The van der Waals surface area contributed by atoms with Crippen LogP contribution in [0.1, 0.15) is 42.6 Å². The second-order valence-electron chi connectivity index (χ2n) is 9.38. The molecule has 6 N–H and O–H groups in total. The molecule has 11 nitrogen and oxygen atoms in total. The van der Waals surface area contributed by atoms with Crippen LogP contribution in [0.25, 0.3) is 5.57 Å². The molecular formula is C30H39N7O4. The molecule has 1 atom stereocenters. The van der Waals surface area contributed by atoms with Gasteiger partial charge in [-0.2, -0.15) is 5.26 Å². The average molecular weight is 562 g/mol. The lowest BCUT2D eigenvalue weighted by molar-refractivity contribution is -0.128. The number of hydrogen-bond donors (Lipinski definition) is 4. The second kappa shape index (κ2) is 15.4. The van der Waals surface area contributed by atoms with E-state index >= 15 is 0 Å². The predicted molar refractivity (Wildman–Crippen MR) is 157 cm³/mol. The molecular weight excluding hydrogens is 522 g/mol. The summed E-state index contributed by atoms with van der Waals surface area (Å²) < 4.78 is 11.4. The van der Waals surface area contributed by atoms with E-state index in [1.165, 1.54) is 7.05 Å². The van der Waals surface area contributed by atoms with E-state index in [2.05, 4.69) is 23.6 Å². The van der Waals surface area contributed by atoms with Gasteiger partial charge in [0.05, 0.1) is 6.61 Å². The molecule has 0 aliphatic carbocycles. The molecule has 1 aromatic rings. The van der Waals surface area contributed by atoms with Gasteiger partial charge in [-0.05, 0) is 60.9 Å². The second-order valence-corrected chi connectivity index (χ2v) is 9.38. The van der Waals surface area contributed by atoms with Gasteiger partial charge in [-0.25, -0.2) is 5.84 Å². The number of amides is 2. The lowest BCUT2D eigenvalue weighted by atomic mass is 9.99. The third-order valence-corrected chi connectivity index (χ3v) is 6.52. The Kier molecular flexibility index (Phi) is 11.7. The molecule has 0 radical (unpaired) electrons. The molecule has 2 aliphatic heterocycles. The number of hydrogen-bond acceptors (Lipinski definition) is 9. The Hall–Kier alpha value is -4.37. The maximum atomic E-state index is 13.7.